The molecule has 0 radical (unpaired) electrons. The fraction of sp³-hybridized carbons (Fsp3) is 0.462. The van der Waals surface area contributed by atoms with Gasteiger partial charge < -0.3 is 5.73 Å². The second-order valence-corrected chi connectivity index (χ2v) is 6.91. The average molecular weight is 281 g/mol. The smallest absolute Gasteiger partial charge is 0.235 e. The van der Waals surface area contributed by atoms with E-state index in [1.165, 1.54) is 0 Å². The third-order valence-electron chi connectivity index (χ3n) is 3.35. The molecule has 0 heterocycles. The molecular formula is C13H19N3O2S. The van der Waals surface area contributed by atoms with Crippen LogP contribution in [0.1, 0.15) is 31.2 Å². The Kier molecular flexibility index (Phi) is 4.09. The van der Waals surface area contributed by atoms with Crippen LogP contribution in [-0.2, 0) is 16.4 Å². The molecule has 1 aliphatic carbocycles. The van der Waals surface area contributed by atoms with Crippen molar-refractivity contribution in [3.05, 3.63) is 29.8 Å². The van der Waals surface area contributed by atoms with E-state index in [-0.39, 0.29) is 11.1 Å². The Hall–Kier alpha value is -1.56. The monoisotopic (exact) mass is 281 g/mol. The van der Waals surface area contributed by atoms with Crippen LogP contribution in [0.4, 0.5) is 5.69 Å². The van der Waals surface area contributed by atoms with Gasteiger partial charge in [0.15, 0.2) is 0 Å². The van der Waals surface area contributed by atoms with E-state index in [4.69, 9.17) is 11.1 Å². The first-order chi connectivity index (χ1) is 8.97. The van der Waals surface area contributed by atoms with Crippen LogP contribution in [0.3, 0.4) is 0 Å². The summed E-state index contributed by atoms with van der Waals surface area (Å²) in [5.74, 6) is 0.0966. The molecule has 2 rings (SSSR count). The maximum Gasteiger partial charge on any atom is 0.235 e. The highest BCUT2D eigenvalue weighted by Gasteiger charge is 2.28. The van der Waals surface area contributed by atoms with Crippen LogP contribution in [-0.4, -0.2) is 19.5 Å². The molecule has 0 spiro atoms. The molecule has 1 aromatic rings. The Morgan fingerprint density at radius 3 is 2.37 bits per heavy atom. The first-order valence-corrected chi connectivity index (χ1v) is 7.95. The number of rotatable bonds is 5. The van der Waals surface area contributed by atoms with Crippen molar-refractivity contribution in [2.24, 2.45) is 5.73 Å². The van der Waals surface area contributed by atoms with Gasteiger partial charge in [-0.05, 0) is 30.5 Å². The molecule has 19 heavy (non-hydrogen) atoms. The standard InChI is InChI=1S/C13H19N3O2S/c14-13(15)9-10-5-7-11(8-6-10)16-19(17,18)12-3-1-2-4-12/h5-8,12,16H,1-4,9H2,(H3,14,15). The molecule has 0 saturated heterocycles. The van der Waals surface area contributed by atoms with Crippen molar-refractivity contribution in [1.29, 1.82) is 5.41 Å². The molecule has 1 fully saturated rings. The maximum atomic E-state index is 12.1. The second-order valence-electron chi connectivity index (χ2n) is 4.95. The molecule has 104 valence electrons. The zero-order valence-corrected chi connectivity index (χ0v) is 11.5. The Balaban J connectivity index is 2.04. The third kappa shape index (κ3) is 3.70. The summed E-state index contributed by atoms with van der Waals surface area (Å²) >= 11 is 0. The fourth-order valence-corrected chi connectivity index (χ4v) is 3.94. The zero-order valence-electron chi connectivity index (χ0n) is 10.7. The summed E-state index contributed by atoms with van der Waals surface area (Å²) in [5.41, 5.74) is 6.79. The van der Waals surface area contributed by atoms with Crippen LogP contribution in [0, 0.1) is 5.41 Å². The number of anilines is 1. The first-order valence-electron chi connectivity index (χ1n) is 6.41. The van der Waals surface area contributed by atoms with Crippen molar-refractivity contribution in [2.75, 3.05) is 4.72 Å². The van der Waals surface area contributed by atoms with Crippen molar-refractivity contribution < 1.29 is 8.42 Å². The Labute approximate surface area is 113 Å². The summed E-state index contributed by atoms with van der Waals surface area (Å²) in [5, 5.41) is 6.95. The molecule has 4 N–H and O–H groups in total. The Morgan fingerprint density at radius 1 is 1.26 bits per heavy atom. The van der Waals surface area contributed by atoms with Gasteiger partial charge in [-0.25, -0.2) is 8.42 Å². The van der Waals surface area contributed by atoms with E-state index in [2.05, 4.69) is 4.72 Å². The van der Waals surface area contributed by atoms with Crippen LogP contribution >= 0.6 is 0 Å². The topological polar surface area (TPSA) is 96.0 Å². The molecule has 5 nitrogen and oxygen atoms in total. The van der Waals surface area contributed by atoms with Crippen LogP contribution in [0.25, 0.3) is 0 Å². The van der Waals surface area contributed by atoms with Crippen LogP contribution < -0.4 is 10.5 Å². The van der Waals surface area contributed by atoms with Crippen molar-refractivity contribution in [2.45, 2.75) is 37.4 Å². The molecule has 1 saturated carbocycles. The molecule has 1 aliphatic rings. The van der Waals surface area contributed by atoms with Gasteiger partial charge >= 0.3 is 0 Å². The number of benzene rings is 1. The summed E-state index contributed by atoms with van der Waals surface area (Å²) in [4.78, 5) is 0. The minimum Gasteiger partial charge on any atom is -0.387 e. The number of hydrogen-bond acceptors (Lipinski definition) is 3. The molecule has 0 amide bonds. The number of amidine groups is 1. The molecule has 6 heteroatoms. The number of sulfonamides is 1. The van der Waals surface area contributed by atoms with Gasteiger partial charge in [-0.1, -0.05) is 25.0 Å². The summed E-state index contributed by atoms with van der Waals surface area (Å²) in [6.07, 6.45) is 3.86. The van der Waals surface area contributed by atoms with Gasteiger partial charge in [-0.2, -0.15) is 0 Å². The minimum absolute atomic E-state index is 0.0966. The number of nitrogens with one attached hydrogen (secondary N) is 2. The highest BCUT2D eigenvalue weighted by molar-refractivity contribution is 7.93. The van der Waals surface area contributed by atoms with Crippen LogP contribution in [0.5, 0.6) is 0 Å². The zero-order chi connectivity index (χ0) is 13.9. The lowest BCUT2D eigenvalue weighted by atomic mass is 10.1. The van der Waals surface area contributed by atoms with E-state index >= 15 is 0 Å². The molecule has 0 unspecified atom stereocenters. The van der Waals surface area contributed by atoms with E-state index < -0.39 is 10.0 Å². The Bertz CT molecular complexity index is 546. The highest BCUT2D eigenvalue weighted by Crippen LogP contribution is 2.26. The van der Waals surface area contributed by atoms with Crippen molar-refractivity contribution in [1.82, 2.24) is 0 Å². The van der Waals surface area contributed by atoms with Gasteiger partial charge in [-0.3, -0.25) is 10.1 Å². The summed E-state index contributed by atoms with van der Waals surface area (Å²) in [7, 11) is -3.27. The van der Waals surface area contributed by atoms with Crippen molar-refractivity contribution in [3.63, 3.8) is 0 Å². The maximum absolute atomic E-state index is 12.1. The minimum atomic E-state index is -3.27. The molecule has 0 aromatic heterocycles. The SMILES string of the molecule is N=C(N)Cc1ccc(NS(=O)(=O)C2CCCC2)cc1. The Morgan fingerprint density at radius 2 is 1.84 bits per heavy atom. The lowest BCUT2D eigenvalue weighted by Gasteiger charge is -2.13. The quantitative estimate of drug-likeness (QED) is 0.567. The summed E-state index contributed by atoms with van der Waals surface area (Å²) in [6, 6.07) is 7.00. The third-order valence-corrected chi connectivity index (χ3v) is 5.22. The molecule has 1 aromatic carbocycles. The molecular weight excluding hydrogens is 262 g/mol. The van der Waals surface area contributed by atoms with Gasteiger partial charge in [0.05, 0.1) is 11.1 Å². The van der Waals surface area contributed by atoms with E-state index in [9.17, 15) is 8.42 Å². The van der Waals surface area contributed by atoms with Gasteiger partial charge in [0.2, 0.25) is 10.0 Å². The summed E-state index contributed by atoms with van der Waals surface area (Å²) in [6.45, 7) is 0. The molecule has 0 aliphatic heterocycles. The highest BCUT2D eigenvalue weighted by atomic mass is 32.2. The predicted octanol–water partition coefficient (Wildman–Crippen LogP) is 1.85. The van der Waals surface area contributed by atoms with Gasteiger partial charge in [0, 0.05) is 12.1 Å². The first kappa shape index (κ1) is 13.9. The number of hydrogen-bond donors (Lipinski definition) is 3. The lowest BCUT2D eigenvalue weighted by molar-refractivity contribution is 0.585. The van der Waals surface area contributed by atoms with E-state index in [1.54, 1.807) is 24.3 Å². The summed E-state index contributed by atoms with van der Waals surface area (Å²) < 4.78 is 26.8. The van der Waals surface area contributed by atoms with Crippen molar-refractivity contribution in [3.8, 4) is 0 Å². The predicted molar refractivity (Wildman–Crippen MR) is 76.9 cm³/mol. The van der Waals surface area contributed by atoms with Gasteiger partial charge in [0.25, 0.3) is 0 Å². The van der Waals surface area contributed by atoms with Gasteiger partial charge in [-0.15, -0.1) is 0 Å². The average Bonchev–Trinajstić information content (AvgIpc) is 2.85. The van der Waals surface area contributed by atoms with Gasteiger partial charge in [0.1, 0.15) is 0 Å². The number of nitrogens with two attached hydrogens (primary N) is 1. The van der Waals surface area contributed by atoms with E-state index in [1.807, 2.05) is 0 Å². The largest absolute Gasteiger partial charge is 0.387 e. The normalized spacial score (nSPS) is 16.4. The van der Waals surface area contributed by atoms with Crippen molar-refractivity contribution >= 4 is 21.5 Å². The lowest BCUT2D eigenvalue weighted by Crippen LogP contribution is -2.25. The van der Waals surface area contributed by atoms with E-state index in [0.29, 0.717) is 12.1 Å². The van der Waals surface area contributed by atoms with Crippen LogP contribution in [0.2, 0.25) is 0 Å². The second kappa shape index (κ2) is 5.61. The fourth-order valence-electron chi connectivity index (χ4n) is 2.36. The van der Waals surface area contributed by atoms with E-state index in [0.717, 1.165) is 31.2 Å². The van der Waals surface area contributed by atoms with Crippen LogP contribution in [0.15, 0.2) is 24.3 Å². The molecule has 0 bridgehead atoms. The molecule has 0 atom stereocenters.